The number of aromatic nitrogens is 2. The van der Waals surface area contributed by atoms with Crippen LogP contribution in [0.4, 0.5) is 0 Å². The molecule has 0 saturated heterocycles. The molecule has 15 N–H and O–H groups in total. The number of carbonyl (C=O) groups is 5. The summed E-state index contributed by atoms with van der Waals surface area (Å²) in [5.74, 6) is -4.71. The van der Waals surface area contributed by atoms with Gasteiger partial charge in [0, 0.05) is 24.9 Å². The highest BCUT2D eigenvalue weighted by atomic mass is 16.4. The number of carbonyl (C=O) groups excluding carboxylic acids is 4. The van der Waals surface area contributed by atoms with E-state index in [-0.39, 0.29) is 31.8 Å². The van der Waals surface area contributed by atoms with Crippen LogP contribution < -0.4 is 44.6 Å². The quantitative estimate of drug-likeness (QED) is 0.0445. The fourth-order valence-electron chi connectivity index (χ4n) is 3.46. The van der Waals surface area contributed by atoms with Crippen molar-refractivity contribution in [1.82, 2.24) is 25.9 Å². The molecule has 39 heavy (non-hydrogen) atoms. The Morgan fingerprint density at radius 2 is 1.56 bits per heavy atom. The number of carboxylic acids is 1. The summed E-state index contributed by atoms with van der Waals surface area (Å²) in [6.07, 6.45) is 3.85. The van der Waals surface area contributed by atoms with Crippen LogP contribution in [0.25, 0.3) is 0 Å². The van der Waals surface area contributed by atoms with Crippen LogP contribution in [0.2, 0.25) is 0 Å². The highest BCUT2D eigenvalue weighted by Crippen LogP contribution is 2.05. The summed E-state index contributed by atoms with van der Waals surface area (Å²) in [5.41, 5.74) is 27.6. The minimum absolute atomic E-state index is 0.0555. The summed E-state index contributed by atoms with van der Waals surface area (Å²) < 4.78 is 0. The van der Waals surface area contributed by atoms with Crippen LogP contribution in [0, 0.1) is 0 Å². The third-order valence-corrected chi connectivity index (χ3v) is 5.52. The van der Waals surface area contributed by atoms with Crippen molar-refractivity contribution < 1.29 is 29.1 Å². The second kappa shape index (κ2) is 17.3. The number of guanidine groups is 1. The van der Waals surface area contributed by atoms with Crippen molar-refractivity contribution in [3.63, 3.8) is 0 Å². The first-order chi connectivity index (χ1) is 18.4. The maximum atomic E-state index is 13.2. The van der Waals surface area contributed by atoms with E-state index in [0.29, 0.717) is 31.5 Å². The highest BCUT2D eigenvalue weighted by Gasteiger charge is 2.31. The van der Waals surface area contributed by atoms with Crippen molar-refractivity contribution in [3.05, 3.63) is 18.2 Å². The molecule has 17 nitrogen and oxygen atoms in total. The molecule has 0 aliphatic carbocycles. The van der Waals surface area contributed by atoms with E-state index in [1.807, 2.05) is 0 Å². The normalized spacial score (nSPS) is 13.8. The van der Waals surface area contributed by atoms with Gasteiger partial charge in [-0.3, -0.25) is 24.2 Å². The van der Waals surface area contributed by atoms with E-state index in [2.05, 4.69) is 30.9 Å². The molecule has 0 bridgehead atoms. The Morgan fingerprint density at radius 3 is 2.13 bits per heavy atom. The van der Waals surface area contributed by atoms with Gasteiger partial charge in [0.25, 0.3) is 0 Å². The third kappa shape index (κ3) is 13.2. The minimum Gasteiger partial charge on any atom is -0.480 e. The number of rotatable bonds is 19. The number of amides is 4. The lowest BCUT2D eigenvalue weighted by Crippen LogP contribution is -2.58. The molecule has 1 aromatic rings. The first-order valence-corrected chi connectivity index (χ1v) is 12.3. The number of carboxylic acid groups (broad SMARTS) is 1. The topological polar surface area (TPSA) is 313 Å². The third-order valence-electron chi connectivity index (χ3n) is 5.52. The molecule has 4 amide bonds. The summed E-state index contributed by atoms with van der Waals surface area (Å²) in [6.45, 7) is 0.610. The Kier molecular flexibility index (Phi) is 14.5. The number of nitrogens with two attached hydrogens (primary N) is 5. The minimum atomic E-state index is -1.50. The molecule has 0 aromatic carbocycles. The number of imidazole rings is 1. The number of nitrogens with zero attached hydrogens (tertiary/aromatic N) is 2. The Hall–Kier alpha value is -4.25. The van der Waals surface area contributed by atoms with Gasteiger partial charge in [0.15, 0.2) is 5.96 Å². The van der Waals surface area contributed by atoms with E-state index in [1.54, 1.807) is 0 Å². The monoisotopic (exact) mass is 553 g/mol. The predicted molar refractivity (Wildman–Crippen MR) is 140 cm³/mol. The Morgan fingerprint density at radius 1 is 0.923 bits per heavy atom. The summed E-state index contributed by atoms with van der Waals surface area (Å²) in [4.78, 5) is 72.4. The molecule has 0 spiro atoms. The zero-order chi connectivity index (χ0) is 29.4. The number of primary amides is 1. The number of hydrogen-bond acceptors (Lipinski definition) is 9. The van der Waals surface area contributed by atoms with Crippen molar-refractivity contribution >= 4 is 35.6 Å². The van der Waals surface area contributed by atoms with E-state index in [4.69, 9.17) is 28.7 Å². The molecular weight excluding hydrogens is 514 g/mol. The number of nitrogens with one attached hydrogen (secondary N) is 4. The SMILES string of the molecule is NCCCCC(NC(=O)C(CC(N)=O)NC(=O)C(Cc1cnc[nH]1)NC(=O)C(N)CCCN=C(N)N)C(=O)O. The zero-order valence-electron chi connectivity index (χ0n) is 21.6. The van der Waals surface area contributed by atoms with Crippen LogP contribution in [-0.2, 0) is 30.4 Å². The van der Waals surface area contributed by atoms with E-state index in [0.717, 1.165) is 0 Å². The molecule has 0 aliphatic rings. The van der Waals surface area contributed by atoms with Crippen molar-refractivity contribution in [3.8, 4) is 0 Å². The van der Waals surface area contributed by atoms with Gasteiger partial charge in [0.1, 0.15) is 18.1 Å². The molecule has 0 saturated carbocycles. The average molecular weight is 554 g/mol. The lowest BCUT2D eigenvalue weighted by Gasteiger charge is -2.24. The lowest BCUT2D eigenvalue weighted by atomic mass is 10.1. The molecule has 0 aliphatic heterocycles. The Bertz CT molecular complexity index is 981. The molecule has 0 radical (unpaired) electrons. The largest absolute Gasteiger partial charge is 0.480 e. The van der Waals surface area contributed by atoms with Gasteiger partial charge in [-0.2, -0.15) is 0 Å². The molecule has 4 unspecified atom stereocenters. The van der Waals surface area contributed by atoms with Crippen molar-refractivity contribution in [2.75, 3.05) is 13.1 Å². The van der Waals surface area contributed by atoms with Gasteiger partial charge in [0.05, 0.1) is 18.8 Å². The number of unbranched alkanes of at least 4 members (excludes halogenated alkanes) is 1. The van der Waals surface area contributed by atoms with Crippen LogP contribution in [0.5, 0.6) is 0 Å². The van der Waals surface area contributed by atoms with Gasteiger partial charge in [-0.05, 0) is 38.6 Å². The zero-order valence-corrected chi connectivity index (χ0v) is 21.6. The smallest absolute Gasteiger partial charge is 0.326 e. The van der Waals surface area contributed by atoms with Crippen LogP contribution in [0.3, 0.4) is 0 Å². The maximum absolute atomic E-state index is 13.2. The van der Waals surface area contributed by atoms with E-state index < -0.39 is 60.2 Å². The van der Waals surface area contributed by atoms with E-state index in [9.17, 15) is 29.1 Å². The van der Waals surface area contributed by atoms with Crippen LogP contribution in [-0.4, -0.2) is 87.9 Å². The van der Waals surface area contributed by atoms with Gasteiger partial charge in [-0.15, -0.1) is 0 Å². The fourth-order valence-corrected chi connectivity index (χ4v) is 3.46. The first-order valence-electron chi connectivity index (χ1n) is 12.3. The molecule has 1 aromatic heterocycles. The molecule has 218 valence electrons. The van der Waals surface area contributed by atoms with Gasteiger partial charge in [-0.1, -0.05) is 0 Å². The number of hydrogen-bond donors (Lipinski definition) is 10. The standard InChI is InChI=1S/C22H39N11O6/c23-6-2-1-5-14(21(38)39)31-20(37)16(9-17(25)34)33-19(36)15(8-12-10-28-11-30-12)32-18(35)13(24)4-3-7-29-22(26)27/h10-11,13-16H,1-9,23-24H2,(H2,25,34)(H,28,30)(H,31,37)(H,32,35)(H,33,36)(H,38,39)(H4,26,27,29). The number of H-pyrrole nitrogens is 1. The van der Waals surface area contributed by atoms with Crippen LogP contribution in [0.15, 0.2) is 17.5 Å². The summed E-state index contributed by atoms with van der Waals surface area (Å²) in [5, 5.41) is 16.7. The molecular formula is C22H39N11O6. The molecule has 1 heterocycles. The fraction of sp³-hybridized carbons (Fsp3) is 0.591. The Balaban J connectivity index is 2.98. The second-order valence-electron chi connectivity index (χ2n) is 8.81. The highest BCUT2D eigenvalue weighted by molar-refractivity contribution is 5.96. The lowest BCUT2D eigenvalue weighted by molar-refractivity contribution is -0.142. The van der Waals surface area contributed by atoms with Crippen LogP contribution in [0.1, 0.15) is 44.2 Å². The van der Waals surface area contributed by atoms with Crippen LogP contribution >= 0.6 is 0 Å². The number of aliphatic imine (C=N–C) groups is 1. The van der Waals surface area contributed by atoms with E-state index >= 15 is 0 Å². The molecule has 4 atom stereocenters. The molecule has 17 heteroatoms. The first kappa shape index (κ1) is 32.8. The maximum Gasteiger partial charge on any atom is 0.326 e. The number of aromatic amines is 1. The van der Waals surface area contributed by atoms with Gasteiger partial charge in [-0.25, -0.2) is 9.78 Å². The molecule has 1 rings (SSSR count). The van der Waals surface area contributed by atoms with Crippen molar-refractivity contribution in [1.29, 1.82) is 0 Å². The summed E-state index contributed by atoms with van der Waals surface area (Å²) in [6, 6.07) is -5.00. The van der Waals surface area contributed by atoms with Crippen molar-refractivity contribution in [2.24, 2.45) is 33.7 Å². The van der Waals surface area contributed by atoms with Gasteiger partial charge < -0.3 is 54.7 Å². The average Bonchev–Trinajstić information content (AvgIpc) is 3.37. The second-order valence-corrected chi connectivity index (χ2v) is 8.81. The predicted octanol–water partition coefficient (Wildman–Crippen LogP) is -4.12. The summed E-state index contributed by atoms with van der Waals surface area (Å²) in [7, 11) is 0. The van der Waals surface area contributed by atoms with Crippen molar-refractivity contribution in [2.45, 2.75) is 69.1 Å². The molecule has 0 fully saturated rings. The van der Waals surface area contributed by atoms with Gasteiger partial charge in [0.2, 0.25) is 23.6 Å². The summed E-state index contributed by atoms with van der Waals surface area (Å²) >= 11 is 0. The van der Waals surface area contributed by atoms with E-state index in [1.165, 1.54) is 12.5 Å². The Labute approximate surface area is 225 Å². The number of aliphatic carboxylic acids is 1. The van der Waals surface area contributed by atoms with Gasteiger partial charge >= 0.3 is 5.97 Å².